The molecule has 0 aromatic heterocycles. The first-order valence-corrected chi connectivity index (χ1v) is 8.57. The fraction of sp³-hybridized carbons (Fsp3) is 0.250. The zero-order chi connectivity index (χ0) is 21.4. The van der Waals surface area contributed by atoms with Crippen molar-refractivity contribution >= 4 is 23.5 Å². The summed E-state index contributed by atoms with van der Waals surface area (Å²) in [4.78, 5) is 36.4. The molecule has 2 aromatic rings. The van der Waals surface area contributed by atoms with Crippen molar-refractivity contribution in [3.8, 4) is 11.5 Å². The van der Waals surface area contributed by atoms with E-state index in [1.165, 1.54) is 33.5 Å². The Bertz CT molecular complexity index is 884. The average Bonchev–Trinajstić information content (AvgIpc) is 2.76. The smallest absolute Gasteiger partial charge is 0.340 e. The third-order valence-electron chi connectivity index (χ3n) is 4.02. The Hall–Kier alpha value is -3.59. The zero-order valence-electron chi connectivity index (χ0n) is 16.2. The van der Waals surface area contributed by atoms with Crippen LogP contribution in [0.3, 0.4) is 0 Å². The molecule has 0 unspecified atom stereocenters. The van der Waals surface area contributed by atoms with Crippen molar-refractivity contribution in [1.29, 1.82) is 0 Å². The van der Waals surface area contributed by atoms with Crippen molar-refractivity contribution < 1.29 is 33.7 Å². The van der Waals surface area contributed by atoms with Gasteiger partial charge in [0.1, 0.15) is 0 Å². The lowest BCUT2D eigenvalue weighted by Crippen LogP contribution is -2.38. The summed E-state index contributed by atoms with van der Waals surface area (Å²) in [5.41, 5.74) is 0.593. The Labute approximate surface area is 167 Å². The van der Waals surface area contributed by atoms with Gasteiger partial charge in [-0.05, 0) is 5.56 Å². The Morgan fingerprint density at radius 1 is 0.966 bits per heavy atom. The lowest BCUT2D eigenvalue weighted by molar-refractivity contribution is -0.136. The molecule has 0 aliphatic rings. The van der Waals surface area contributed by atoms with Gasteiger partial charge < -0.3 is 30.0 Å². The van der Waals surface area contributed by atoms with Crippen LogP contribution in [-0.2, 0) is 14.3 Å². The van der Waals surface area contributed by atoms with Crippen LogP contribution in [0.15, 0.2) is 42.5 Å². The van der Waals surface area contributed by atoms with E-state index in [9.17, 15) is 19.5 Å². The van der Waals surface area contributed by atoms with Crippen LogP contribution in [0.5, 0.6) is 11.5 Å². The second kappa shape index (κ2) is 10.1. The van der Waals surface area contributed by atoms with Crippen LogP contribution in [0.4, 0.5) is 5.69 Å². The van der Waals surface area contributed by atoms with Gasteiger partial charge in [0.05, 0.1) is 38.7 Å². The fourth-order valence-electron chi connectivity index (χ4n) is 2.50. The molecule has 2 rings (SSSR count). The molecule has 0 spiro atoms. The maximum Gasteiger partial charge on any atom is 0.340 e. The second-order valence-corrected chi connectivity index (χ2v) is 5.83. The normalized spacial score (nSPS) is 11.2. The van der Waals surface area contributed by atoms with Crippen LogP contribution < -0.4 is 20.1 Å². The summed E-state index contributed by atoms with van der Waals surface area (Å²) in [6.45, 7) is -0.161. The molecule has 0 heterocycles. The topological polar surface area (TPSA) is 123 Å². The number of hydrogen-bond acceptors (Lipinski definition) is 7. The van der Waals surface area contributed by atoms with Crippen LogP contribution in [0, 0.1) is 0 Å². The summed E-state index contributed by atoms with van der Waals surface area (Å²) in [5.74, 6) is -2.24. The van der Waals surface area contributed by atoms with Crippen LogP contribution in [0.25, 0.3) is 0 Å². The highest BCUT2D eigenvalue weighted by molar-refractivity contribution is 6.40. The molecule has 2 amide bonds. The second-order valence-electron chi connectivity index (χ2n) is 5.83. The molecule has 0 aliphatic heterocycles. The molecule has 9 nitrogen and oxygen atoms in total. The standard InChI is InChI=1S/C20H22N2O7/c1-27-16-9-13(20(26)29-3)14(10-17(16)28-2)22-19(25)18(24)21-11-15(23)12-7-5-4-6-8-12/h4-10,15,23H,11H2,1-3H3,(H,21,24)(H,22,25)/t15-/m1/s1. The highest BCUT2D eigenvalue weighted by atomic mass is 16.5. The molecule has 1 atom stereocenters. The quantitative estimate of drug-likeness (QED) is 0.471. The monoisotopic (exact) mass is 402 g/mol. The summed E-state index contributed by atoms with van der Waals surface area (Å²) in [6.07, 6.45) is -0.973. The molecular weight excluding hydrogens is 380 g/mol. The summed E-state index contributed by atoms with van der Waals surface area (Å²) in [5, 5.41) is 14.8. The molecule has 0 saturated carbocycles. The number of nitrogens with one attached hydrogen (secondary N) is 2. The Kier molecular flexibility index (Phi) is 7.55. The van der Waals surface area contributed by atoms with E-state index >= 15 is 0 Å². The fourth-order valence-corrected chi connectivity index (χ4v) is 2.50. The maximum absolute atomic E-state index is 12.2. The van der Waals surface area contributed by atoms with E-state index in [0.717, 1.165) is 0 Å². The number of aliphatic hydroxyl groups is 1. The number of aliphatic hydroxyl groups excluding tert-OH is 1. The third kappa shape index (κ3) is 5.45. The number of carbonyl (C=O) groups excluding carboxylic acids is 3. The molecule has 0 bridgehead atoms. The minimum atomic E-state index is -1.03. The highest BCUT2D eigenvalue weighted by Crippen LogP contribution is 2.33. The number of rotatable bonds is 7. The summed E-state index contributed by atoms with van der Waals surface area (Å²) in [7, 11) is 3.96. The predicted octanol–water partition coefficient (Wildman–Crippen LogP) is 1.28. The van der Waals surface area contributed by atoms with Crippen molar-refractivity contribution in [3.63, 3.8) is 0 Å². The molecule has 2 aromatic carbocycles. The number of ether oxygens (including phenoxy) is 3. The number of amides is 2. The van der Waals surface area contributed by atoms with E-state index in [0.29, 0.717) is 5.56 Å². The molecule has 29 heavy (non-hydrogen) atoms. The molecule has 154 valence electrons. The van der Waals surface area contributed by atoms with Gasteiger partial charge in [0.25, 0.3) is 0 Å². The van der Waals surface area contributed by atoms with Gasteiger partial charge >= 0.3 is 17.8 Å². The van der Waals surface area contributed by atoms with E-state index in [-0.39, 0.29) is 29.3 Å². The van der Waals surface area contributed by atoms with Gasteiger partial charge in [0, 0.05) is 18.7 Å². The van der Waals surface area contributed by atoms with Crippen LogP contribution in [-0.4, -0.2) is 50.8 Å². The van der Waals surface area contributed by atoms with E-state index in [1.54, 1.807) is 30.3 Å². The van der Waals surface area contributed by atoms with E-state index in [1.807, 2.05) is 0 Å². The third-order valence-corrected chi connectivity index (χ3v) is 4.02. The highest BCUT2D eigenvalue weighted by Gasteiger charge is 2.22. The van der Waals surface area contributed by atoms with Crippen LogP contribution in [0.2, 0.25) is 0 Å². The molecule has 3 N–H and O–H groups in total. The van der Waals surface area contributed by atoms with Crippen molar-refractivity contribution in [1.82, 2.24) is 5.32 Å². The number of carbonyl (C=O) groups is 3. The number of benzene rings is 2. The van der Waals surface area contributed by atoms with Gasteiger partial charge in [-0.3, -0.25) is 9.59 Å². The molecule has 0 aliphatic carbocycles. The number of anilines is 1. The first kappa shape index (κ1) is 21.7. The Morgan fingerprint density at radius 3 is 2.17 bits per heavy atom. The Balaban J connectivity index is 2.12. The van der Waals surface area contributed by atoms with E-state index in [2.05, 4.69) is 10.6 Å². The molecule has 0 saturated heterocycles. The molecule has 0 radical (unpaired) electrons. The number of hydrogen-bond donors (Lipinski definition) is 3. The predicted molar refractivity (Wildman–Crippen MR) is 104 cm³/mol. The first-order valence-electron chi connectivity index (χ1n) is 8.57. The molecular formula is C20H22N2O7. The largest absolute Gasteiger partial charge is 0.493 e. The molecule has 0 fully saturated rings. The van der Waals surface area contributed by atoms with Gasteiger partial charge in [-0.15, -0.1) is 0 Å². The SMILES string of the molecule is COC(=O)c1cc(OC)c(OC)cc1NC(=O)C(=O)NC[C@@H](O)c1ccccc1. The number of esters is 1. The maximum atomic E-state index is 12.2. The number of methoxy groups -OCH3 is 3. The minimum absolute atomic E-state index is 0.0123. The van der Waals surface area contributed by atoms with Crippen molar-refractivity contribution in [2.75, 3.05) is 33.2 Å². The summed E-state index contributed by atoms with van der Waals surface area (Å²) < 4.78 is 15.0. The molecule has 9 heteroatoms. The van der Waals surface area contributed by atoms with Gasteiger partial charge in [-0.2, -0.15) is 0 Å². The Morgan fingerprint density at radius 2 is 1.59 bits per heavy atom. The van der Waals surface area contributed by atoms with E-state index in [4.69, 9.17) is 14.2 Å². The minimum Gasteiger partial charge on any atom is -0.493 e. The van der Waals surface area contributed by atoms with Gasteiger partial charge in [0.15, 0.2) is 11.5 Å². The summed E-state index contributed by atoms with van der Waals surface area (Å²) in [6, 6.07) is 11.4. The lowest BCUT2D eigenvalue weighted by atomic mass is 10.1. The summed E-state index contributed by atoms with van der Waals surface area (Å²) >= 11 is 0. The van der Waals surface area contributed by atoms with Crippen LogP contribution >= 0.6 is 0 Å². The average molecular weight is 402 g/mol. The zero-order valence-corrected chi connectivity index (χ0v) is 16.2. The van der Waals surface area contributed by atoms with Crippen LogP contribution in [0.1, 0.15) is 22.0 Å². The first-order chi connectivity index (χ1) is 13.9. The van der Waals surface area contributed by atoms with E-state index < -0.39 is 23.9 Å². The lowest BCUT2D eigenvalue weighted by Gasteiger charge is -2.15. The van der Waals surface area contributed by atoms with Gasteiger partial charge in [-0.25, -0.2) is 4.79 Å². The van der Waals surface area contributed by atoms with Gasteiger partial charge in [-0.1, -0.05) is 30.3 Å². The van der Waals surface area contributed by atoms with Crippen molar-refractivity contribution in [2.45, 2.75) is 6.10 Å². The van der Waals surface area contributed by atoms with Crippen molar-refractivity contribution in [3.05, 3.63) is 53.6 Å². The van der Waals surface area contributed by atoms with Gasteiger partial charge in [0.2, 0.25) is 0 Å². The van der Waals surface area contributed by atoms with Crippen molar-refractivity contribution in [2.24, 2.45) is 0 Å².